The number of carbonyl (C=O) groups is 4. The zero-order valence-corrected chi connectivity index (χ0v) is 14.3. The van der Waals surface area contributed by atoms with Gasteiger partial charge in [0.25, 0.3) is 0 Å². The first-order valence-corrected chi connectivity index (χ1v) is 7.27. The Kier molecular flexibility index (Phi) is 8.02. The second kappa shape index (κ2) is 9.74. The Morgan fingerprint density at radius 1 is 1.08 bits per heavy atom. The summed E-state index contributed by atoms with van der Waals surface area (Å²) in [6, 6.07) is 0. The van der Waals surface area contributed by atoms with Gasteiger partial charge in [0, 0.05) is 26.8 Å². The summed E-state index contributed by atoms with van der Waals surface area (Å²) in [4.78, 5) is 44.7. The summed E-state index contributed by atoms with van der Waals surface area (Å²) in [5, 5.41) is 0. The summed E-state index contributed by atoms with van der Waals surface area (Å²) in [6.07, 6.45) is -1.96. The molecule has 1 rings (SSSR count). The lowest BCUT2D eigenvalue weighted by Crippen LogP contribution is -2.45. The van der Waals surface area contributed by atoms with Gasteiger partial charge in [-0.25, -0.2) is 4.79 Å². The second-order valence-corrected chi connectivity index (χ2v) is 4.92. The Morgan fingerprint density at radius 2 is 1.76 bits per heavy atom. The van der Waals surface area contributed by atoms with Gasteiger partial charge >= 0.3 is 23.9 Å². The van der Waals surface area contributed by atoms with Crippen molar-refractivity contribution >= 4 is 23.9 Å². The summed E-state index contributed by atoms with van der Waals surface area (Å²) < 4.78 is 30.1. The number of rotatable bonds is 7. The molecule has 10 nitrogen and oxygen atoms in total. The molecule has 0 amide bonds. The van der Waals surface area contributed by atoms with Crippen molar-refractivity contribution in [3.8, 4) is 0 Å². The highest BCUT2D eigenvalue weighted by atomic mass is 16.7. The molecule has 3 atom stereocenters. The van der Waals surface area contributed by atoms with Crippen LogP contribution in [0.15, 0.2) is 11.8 Å². The average Bonchev–Trinajstić information content (AvgIpc) is 2.51. The first-order valence-electron chi connectivity index (χ1n) is 7.27. The Morgan fingerprint density at radius 3 is 2.28 bits per heavy atom. The Hall–Kier alpha value is -2.46. The molecule has 25 heavy (non-hydrogen) atoms. The first kappa shape index (κ1) is 20.6. The van der Waals surface area contributed by atoms with Crippen molar-refractivity contribution in [2.75, 3.05) is 20.3 Å². The van der Waals surface area contributed by atoms with Crippen LogP contribution >= 0.6 is 0 Å². The molecular weight excluding hydrogens is 340 g/mol. The maximum Gasteiger partial charge on any atom is 0.331 e. The van der Waals surface area contributed by atoms with Gasteiger partial charge in [-0.05, 0) is 0 Å². The SMILES string of the molecule is COC(=O)COC1OC(COC(C)=O)C(OC(C)=O)=CC1OC(C)=O. The third-order valence-electron chi connectivity index (χ3n) is 2.81. The first-order chi connectivity index (χ1) is 11.7. The zero-order valence-electron chi connectivity index (χ0n) is 14.3. The molecule has 0 aliphatic carbocycles. The Bertz CT molecular complexity index is 553. The molecule has 3 unspecified atom stereocenters. The van der Waals surface area contributed by atoms with E-state index >= 15 is 0 Å². The van der Waals surface area contributed by atoms with E-state index < -0.39 is 49.0 Å². The van der Waals surface area contributed by atoms with Crippen molar-refractivity contribution in [3.63, 3.8) is 0 Å². The topological polar surface area (TPSA) is 124 Å². The average molecular weight is 360 g/mol. The van der Waals surface area contributed by atoms with E-state index in [1.165, 1.54) is 34.0 Å². The van der Waals surface area contributed by atoms with Crippen molar-refractivity contribution in [1.29, 1.82) is 0 Å². The lowest BCUT2D eigenvalue weighted by atomic mass is 10.1. The predicted octanol–water partition coefficient (Wildman–Crippen LogP) is -0.157. The van der Waals surface area contributed by atoms with E-state index in [0.717, 1.165) is 0 Å². The van der Waals surface area contributed by atoms with Crippen molar-refractivity contribution in [1.82, 2.24) is 0 Å². The smallest absolute Gasteiger partial charge is 0.331 e. The third kappa shape index (κ3) is 7.31. The lowest BCUT2D eigenvalue weighted by Gasteiger charge is -2.33. The van der Waals surface area contributed by atoms with Crippen LogP contribution in [-0.4, -0.2) is 62.7 Å². The minimum absolute atomic E-state index is 0.00193. The molecule has 0 spiro atoms. The molecule has 0 bridgehead atoms. The van der Waals surface area contributed by atoms with Crippen molar-refractivity contribution in [2.24, 2.45) is 0 Å². The number of ether oxygens (including phenoxy) is 6. The zero-order chi connectivity index (χ0) is 19.0. The van der Waals surface area contributed by atoms with E-state index in [4.69, 9.17) is 23.7 Å². The number of carbonyl (C=O) groups excluding carboxylic acids is 4. The molecule has 1 aliphatic heterocycles. The molecule has 0 saturated heterocycles. The molecule has 0 aromatic heterocycles. The van der Waals surface area contributed by atoms with Gasteiger partial charge < -0.3 is 28.4 Å². The third-order valence-corrected chi connectivity index (χ3v) is 2.81. The maximum absolute atomic E-state index is 11.2. The Labute approximate surface area is 143 Å². The summed E-state index contributed by atoms with van der Waals surface area (Å²) in [5.74, 6) is -2.52. The van der Waals surface area contributed by atoms with Gasteiger partial charge in [0.15, 0.2) is 18.5 Å². The fourth-order valence-corrected chi connectivity index (χ4v) is 1.86. The van der Waals surface area contributed by atoms with Gasteiger partial charge in [-0.1, -0.05) is 0 Å². The molecule has 0 N–H and O–H groups in total. The molecule has 0 radical (unpaired) electrons. The standard InChI is InChI=1S/C15H20O10/c1-8(16)21-6-13-11(23-9(2)17)5-12(24-10(3)18)15(25-13)22-7-14(19)20-4/h5,12-13,15H,6-7H2,1-4H3. The van der Waals surface area contributed by atoms with Crippen LogP contribution in [0.5, 0.6) is 0 Å². The van der Waals surface area contributed by atoms with Gasteiger partial charge in [-0.15, -0.1) is 0 Å². The molecular formula is C15H20O10. The summed E-state index contributed by atoms with van der Waals surface area (Å²) in [6.45, 7) is 2.81. The van der Waals surface area contributed by atoms with E-state index in [0.29, 0.717) is 0 Å². The van der Waals surface area contributed by atoms with Crippen LogP contribution in [0.2, 0.25) is 0 Å². The fourth-order valence-electron chi connectivity index (χ4n) is 1.86. The van der Waals surface area contributed by atoms with Gasteiger partial charge in [0.1, 0.15) is 19.0 Å². The molecule has 1 aliphatic rings. The van der Waals surface area contributed by atoms with Crippen LogP contribution in [0.4, 0.5) is 0 Å². The highest BCUT2D eigenvalue weighted by Gasteiger charge is 2.37. The van der Waals surface area contributed by atoms with Crippen LogP contribution < -0.4 is 0 Å². The quantitative estimate of drug-likeness (QED) is 0.447. The van der Waals surface area contributed by atoms with Crippen LogP contribution in [0.25, 0.3) is 0 Å². The second-order valence-electron chi connectivity index (χ2n) is 4.92. The Balaban J connectivity index is 2.98. The normalized spacial score (nSPS) is 22.4. The van der Waals surface area contributed by atoms with E-state index in [-0.39, 0.29) is 12.4 Å². The lowest BCUT2D eigenvalue weighted by molar-refractivity contribution is -0.231. The van der Waals surface area contributed by atoms with E-state index in [9.17, 15) is 19.2 Å². The van der Waals surface area contributed by atoms with Crippen molar-refractivity contribution in [3.05, 3.63) is 11.8 Å². The fraction of sp³-hybridized carbons (Fsp3) is 0.600. The number of hydrogen-bond donors (Lipinski definition) is 0. The highest BCUT2D eigenvalue weighted by molar-refractivity contribution is 5.70. The largest absolute Gasteiger partial charge is 0.467 e. The van der Waals surface area contributed by atoms with Crippen LogP contribution in [0.1, 0.15) is 20.8 Å². The van der Waals surface area contributed by atoms with Gasteiger partial charge in [-0.2, -0.15) is 0 Å². The number of methoxy groups -OCH3 is 1. The molecule has 0 saturated carbocycles. The van der Waals surface area contributed by atoms with Crippen molar-refractivity contribution in [2.45, 2.75) is 39.3 Å². The minimum Gasteiger partial charge on any atom is -0.467 e. The molecule has 140 valence electrons. The number of hydrogen-bond acceptors (Lipinski definition) is 10. The van der Waals surface area contributed by atoms with Gasteiger partial charge in [0.05, 0.1) is 7.11 Å². The van der Waals surface area contributed by atoms with Gasteiger partial charge in [0.2, 0.25) is 0 Å². The van der Waals surface area contributed by atoms with Crippen molar-refractivity contribution < 1.29 is 47.6 Å². The molecule has 10 heteroatoms. The molecule has 1 heterocycles. The van der Waals surface area contributed by atoms with Crippen LogP contribution in [0.3, 0.4) is 0 Å². The number of esters is 4. The summed E-state index contributed by atoms with van der Waals surface area (Å²) >= 11 is 0. The highest BCUT2D eigenvalue weighted by Crippen LogP contribution is 2.24. The summed E-state index contributed by atoms with van der Waals surface area (Å²) in [5.41, 5.74) is 0. The van der Waals surface area contributed by atoms with Crippen LogP contribution in [-0.2, 0) is 47.6 Å². The minimum atomic E-state index is -1.19. The van der Waals surface area contributed by atoms with E-state index in [1.54, 1.807) is 0 Å². The summed E-state index contributed by atoms with van der Waals surface area (Å²) in [7, 11) is 1.18. The molecule has 0 aromatic rings. The monoisotopic (exact) mass is 360 g/mol. The maximum atomic E-state index is 11.2. The van der Waals surface area contributed by atoms with E-state index in [1.807, 2.05) is 0 Å². The molecule has 0 aromatic carbocycles. The van der Waals surface area contributed by atoms with E-state index in [2.05, 4.69) is 4.74 Å². The van der Waals surface area contributed by atoms with Crippen LogP contribution in [0, 0.1) is 0 Å². The molecule has 0 fully saturated rings. The van der Waals surface area contributed by atoms with Gasteiger partial charge in [-0.3, -0.25) is 14.4 Å². The predicted molar refractivity (Wildman–Crippen MR) is 78.7 cm³/mol.